The molecule has 0 rings (SSSR count). The molecule has 0 aliphatic heterocycles. The fourth-order valence-electron chi connectivity index (χ4n) is 0.285. The second kappa shape index (κ2) is 6.19. The van der Waals surface area contributed by atoms with Gasteiger partial charge in [-0.2, -0.15) is 6.42 Å². The molecule has 0 aromatic heterocycles. The number of hydrogen-bond acceptors (Lipinski definition) is 1. The van der Waals surface area contributed by atoms with E-state index < -0.39 is 0 Å². The van der Waals surface area contributed by atoms with Crippen LogP contribution >= 0.6 is 0 Å². The summed E-state index contributed by atoms with van der Waals surface area (Å²) in [5.41, 5.74) is 0. The van der Waals surface area contributed by atoms with Gasteiger partial charge in [0.1, 0.15) is 0 Å². The van der Waals surface area contributed by atoms with Crippen LogP contribution in [0.2, 0.25) is 0 Å². The Balaban J connectivity index is 0. The van der Waals surface area contributed by atoms with Crippen LogP contribution < -0.4 is 0 Å². The first-order valence-electron chi connectivity index (χ1n) is 2.49. The van der Waals surface area contributed by atoms with Gasteiger partial charge in [-0.05, 0) is 0 Å². The molecular formula is C6H12OY-2. The molecule has 0 aliphatic rings. The third-order valence-electron chi connectivity index (χ3n) is 0.953. The second-order valence-corrected chi connectivity index (χ2v) is 1.83. The molecular weight excluding hydrogens is 177 g/mol. The number of rotatable bonds is 2. The van der Waals surface area contributed by atoms with Crippen LogP contribution in [0.5, 0.6) is 0 Å². The van der Waals surface area contributed by atoms with Crippen molar-refractivity contribution in [2.75, 3.05) is 0 Å². The fraction of sp³-hybridized carbons (Fsp3) is 0.667. The summed E-state index contributed by atoms with van der Waals surface area (Å²) in [5, 5.41) is 8.81. The molecule has 0 fully saturated rings. The van der Waals surface area contributed by atoms with Crippen molar-refractivity contribution < 1.29 is 37.8 Å². The van der Waals surface area contributed by atoms with E-state index in [0.717, 1.165) is 0 Å². The van der Waals surface area contributed by atoms with E-state index in [1.165, 1.54) is 0 Å². The van der Waals surface area contributed by atoms with Crippen molar-refractivity contribution in [3.05, 3.63) is 13.8 Å². The van der Waals surface area contributed by atoms with E-state index >= 15 is 0 Å². The number of aliphatic hydroxyl groups is 1. The summed E-state index contributed by atoms with van der Waals surface area (Å²) >= 11 is 0. The third-order valence-corrected chi connectivity index (χ3v) is 0.953. The zero-order valence-corrected chi connectivity index (χ0v) is 8.14. The predicted molar refractivity (Wildman–Crippen MR) is 30.5 cm³/mol. The molecule has 0 aliphatic carbocycles. The van der Waals surface area contributed by atoms with Gasteiger partial charge in [0.2, 0.25) is 0 Å². The van der Waals surface area contributed by atoms with Crippen molar-refractivity contribution >= 4 is 0 Å². The summed E-state index contributed by atoms with van der Waals surface area (Å²) in [5.74, 6) is 0.109. The maximum Gasteiger partial charge on any atom is 0.00227 e. The Morgan fingerprint density at radius 3 is 2.00 bits per heavy atom. The Bertz CT molecular complexity index is 45.8. The van der Waals surface area contributed by atoms with E-state index in [-0.39, 0.29) is 44.7 Å². The van der Waals surface area contributed by atoms with E-state index in [4.69, 9.17) is 5.11 Å². The van der Waals surface area contributed by atoms with Crippen LogP contribution in [0.25, 0.3) is 0 Å². The summed E-state index contributed by atoms with van der Waals surface area (Å²) in [7, 11) is 0. The second-order valence-electron chi connectivity index (χ2n) is 1.83. The first-order valence-corrected chi connectivity index (χ1v) is 2.49. The van der Waals surface area contributed by atoms with Gasteiger partial charge >= 0.3 is 0 Å². The van der Waals surface area contributed by atoms with Crippen LogP contribution in [0.1, 0.15) is 13.3 Å². The normalized spacial score (nSPS) is 16.5. The molecule has 0 amide bonds. The van der Waals surface area contributed by atoms with Crippen LogP contribution in [-0.4, -0.2) is 11.2 Å². The van der Waals surface area contributed by atoms with Gasteiger partial charge in [-0.25, -0.2) is 0 Å². The molecule has 2 unspecified atom stereocenters. The van der Waals surface area contributed by atoms with E-state index in [2.05, 4.69) is 13.8 Å². The largest absolute Gasteiger partial charge is 0.398 e. The summed E-state index contributed by atoms with van der Waals surface area (Å²) in [6.07, 6.45) is 0.241. The van der Waals surface area contributed by atoms with Gasteiger partial charge < -0.3 is 19.0 Å². The minimum absolute atomic E-state index is 0. The predicted octanol–water partition coefficient (Wildman–Crippen LogP) is 1.04. The molecule has 47 valence electrons. The Morgan fingerprint density at radius 1 is 1.62 bits per heavy atom. The Kier molecular flexibility index (Phi) is 9.14. The first-order chi connectivity index (χ1) is 3.18. The van der Waals surface area contributed by atoms with Crippen molar-refractivity contribution in [3.63, 3.8) is 0 Å². The molecule has 0 heterocycles. The number of aliphatic hydroxyl groups excluding tert-OH is 1. The van der Waals surface area contributed by atoms with E-state index in [0.29, 0.717) is 6.42 Å². The Labute approximate surface area is 76.7 Å². The van der Waals surface area contributed by atoms with Crippen molar-refractivity contribution in [3.8, 4) is 0 Å². The summed E-state index contributed by atoms with van der Waals surface area (Å²) in [6, 6.07) is 0. The maximum atomic E-state index is 8.81. The summed E-state index contributed by atoms with van der Waals surface area (Å²) in [6.45, 7) is 9.01. The molecule has 1 nitrogen and oxygen atoms in total. The van der Waals surface area contributed by atoms with Crippen LogP contribution in [0.4, 0.5) is 0 Å². The molecule has 0 aromatic carbocycles. The minimum Gasteiger partial charge on any atom is -0.398 e. The van der Waals surface area contributed by atoms with Crippen LogP contribution in [0.3, 0.4) is 0 Å². The minimum atomic E-state index is -0.319. The molecule has 1 N–H and O–H groups in total. The van der Waals surface area contributed by atoms with Crippen LogP contribution in [-0.2, 0) is 32.7 Å². The monoisotopic (exact) mass is 189 g/mol. The summed E-state index contributed by atoms with van der Waals surface area (Å²) < 4.78 is 0. The van der Waals surface area contributed by atoms with Crippen molar-refractivity contribution in [2.45, 2.75) is 19.4 Å². The molecule has 8 heavy (non-hydrogen) atoms. The van der Waals surface area contributed by atoms with Gasteiger partial charge in [-0.3, -0.25) is 0 Å². The standard InChI is InChI=1S/C6H12O.Y/c1-4-6(7)5(2)3;/h5-7H,1-2,4H2,3H3;/q-2;. The maximum absolute atomic E-state index is 8.81. The van der Waals surface area contributed by atoms with Gasteiger partial charge in [-0.15, -0.1) is 5.92 Å². The quantitative estimate of drug-likeness (QED) is 0.643. The molecule has 0 spiro atoms. The molecule has 0 saturated heterocycles. The molecule has 0 bridgehead atoms. The van der Waals surface area contributed by atoms with Crippen LogP contribution in [0, 0.1) is 19.8 Å². The first kappa shape index (κ1) is 11.8. The fourth-order valence-corrected chi connectivity index (χ4v) is 0.285. The smallest absolute Gasteiger partial charge is 0.00227 e. The van der Waals surface area contributed by atoms with Gasteiger partial charge in [0.15, 0.2) is 0 Å². The van der Waals surface area contributed by atoms with Crippen molar-refractivity contribution in [1.29, 1.82) is 0 Å². The topological polar surface area (TPSA) is 20.2 Å². The molecule has 0 aromatic rings. The van der Waals surface area contributed by atoms with E-state index in [1.807, 2.05) is 6.92 Å². The van der Waals surface area contributed by atoms with Gasteiger partial charge in [0.25, 0.3) is 0 Å². The summed E-state index contributed by atoms with van der Waals surface area (Å²) in [4.78, 5) is 0. The molecule has 0 saturated carbocycles. The third kappa shape index (κ3) is 5.21. The van der Waals surface area contributed by atoms with Crippen LogP contribution in [0.15, 0.2) is 0 Å². The molecule has 2 heteroatoms. The Hall–Kier alpha value is 1.06. The van der Waals surface area contributed by atoms with Crippen molar-refractivity contribution in [1.82, 2.24) is 0 Å². The molecule has 2 atom stereocenters. The average Bonchev–Trinajstić information content (AvgIpc) is 1.65. The Morgan fingerprint density at radius 2 is 2.00 bits per heavy atom. The van der Waals surface area contributed by atoms with Gasteiger partial charge in [0, 0.05) is 38.8 Å². The van der Waals surface area contributed by atoms with Gasteiger partial charge in [-0.1, -0.05) is 6.92 Å². The average molecular weight is 189 g/mol. The van der Waals surface area contributed by atoms with Crippen molar-refractivity contribution in [2.24, 2.45) is 5.92 Å². The SMILES string of the molecule is [CH2-]CC(O)C([CH2-])C.[Y]. The van der Waals surface area contributed by atoms with E-state index in [1.54, 1.807) is 0 Å². The zero-order valence-electron chi connectivity index (χ0n) is 5.30. The van der Waals surface area contributed by atoms with Gasteiger partial charge in [0.05, 0.1) is 0 Å². The zero-order chi connectivity index (χ0) is 5.86. The van der Waals surface area contributed by atoms with E-state index in [9.17, 15) is 0 Å². The number of hydrogen-bond donors (Lipinski definition) is 1. The molecule has 1 radical (unpaired) electrons.